The fourth-order valence-electron chi connectivity index (χ4n) is 4.10. The van der Waals surface area contributed by atoms with Crippen LogP contribution < -0.4 is 0 Å². The number of piperidine rings is 1. The summed E-state index contributed by atoms with van der Waals surface area (Å²) < 4.78 is 2.32. The van der Waals surface area contributed by atoms with E-state index in [-0.39, 0.29) is 0 Å². The Hall–Kier alpha value is -1.39. The van der Waals surface area contributed by atoms with Crippen molar-refractivity contribution >= 4 is 5.91 Å². The number of rotatable bonds is 4. The van der Waals surface area contributed by atoms with Gasteiger partial charge in [-0.15, -0.1) is 10.2 Å². The van der Waals surface area contributed by atoms with Crippen LogP contribution >= 0.6 is 0 Å². The lowest BCUT2D eigenvalue weighted by atomic mass is 9.94. The molecule has 1 aromatic heterocycles. The third-order valence-electron chi connectivity index (χ3n) is 5.77. The van der Waals surface area contributed by atoms with Crippen LogP contribution in [-0.2, 0) is 17.8 Å². The van der Waals surface area contributed by atoms with E-state index in [1.54, 1.807) is 0 Å². The molecule has 2 aliphatic heterocycles. The highest BCUT2D eigenvalue weighted by atomic mass is 16.2. The molecule has 120 valence electrons. The first-order chi connectivity index (χ1) is 10.7. The van der Waals surface area contributed by atoms with Crippen LogP contribution in [0.1, 0.15) is 63.0 Å². The zero-order valence-electron chi connectivity index (χ0n) is 13.5. The first-order valence-corrected chi connectivity index (χ1v) is 8.92. The summed E-state index contributed by atoms with van der Waals surface area (Å²) in [6, 6.07) is 0. The number of carbonyl (C=O) groups excluding carboxylic acids is 1. The molecule has 3 heterocycles. The van der Waals surface area contributed by atoms with Crippen molar-refractivity contribution in [2.45, 2.75) is 64.3 Å². The van der Waals surface area contributed by atoms with Gasteiger partial charge in [0.05, 0.1) is 0 Å². The van der Waals surface area contributed by atoms with Crippen molar-refractivity contribution in [1.29, 1.82) is 0 Å². The van der Waals surface area contributed by atoms with Gasteiger partial charge >= 0.3 is 0 Å². The van der Waals surface area contributed by atoms with Gasteiger partial charge in [0, 0.05) is 38.4 Å². The molecule has 0 radical (unpaired) electrons. The minimum Gasteiger partial charge on any atom is -0.343 e. The molecule has 1 saturated heterocycles. The van der Waals surface area contributed by atoms with Gasteiger partial charge in [-0.2, -0.15) is 0 Å². The number of aromatic nitrogens is 3. The summed E-state index contributed by atoms with van der Waals surface area (Å²) in [6.45, 7) is 5.10. The molecule has 0 aromatic carbocycles. The van der Waals surface area contributed by atoms with Crippen molar-refractivity contribution < 1.29 is 4.79 Å². The van der Waals surface area contributed by atoms with Gasteiger partial charge in [0.2, 0.25) is 5.91 Å². The average molecular weight is 302 g/mol. The van der Waals surface area contributed by atoms with E-state index in [9.17, 15) is 4.79 Å². The Morgan fingerprint density at radius 2 is 1.95 bits per heavy atom. The van der Waals surface area contributed by atoms with Crippen LogP contribution in [0.25, 0.3) is 0 Å². The zero-order chi connectivity index (χ0) is 15.1. The van der Waals surface area contributed by atoms with E-state index in [2.05, 4.69) is 26.6 Å². The van der Waals surface area contributed by atoms with Crippen LogP contribution in [0.15, 0.2) is 0 Å². The topological polar surface area (TPSA) is 51.0 Å². The van der Waals surface area contributed by atoms with E-state index in [0.717, 1.165) is 57.1 Å². The number of hydrogen-bond donors (Lipinski definition) is 0. The third-order valence-corrected chi connectivity index (χ3v) is 5.77. The molecule has 3 aliphatic rings. The SMILES string of the molecule is CC(CC(=O)N1CCC(c2nnc3n2CCC3)CC1)C1CC1. The first kappa shape index (κ1) is 14.2. The van der Waals surface area contributed by atoms with Crippen LogP contribution in [0.4, 0.5) is 0 Å². The summed E-state index contributed by atoms with van der Waals surface area (Å²) >= 11 is 0. The van der Waals surface area contributed by atoms with Crippen molar-refractivity contribution in [3.8, 4) is 0 Å². The van der Waals surface area contributed by atoms with Crippen LogP contribution in [0.3, 0.4) is 0 Å². The molecule has 0 N–H and O–H groups in total. The summed E-state index contributed by atoms with van der Waals surface area (Å²) in [5, 5.41) is 8.74. The minimum absolute atomic E-state index is 0.365. The molecule has 1 aliphatic carbocycles. The molecule has 1 saturated carbocycles. The quantitative estimate of drug-likeness (QED) is 0.858. The molecule has 1 amide bonds. The molecule has 1 unspecified atom stereocenters. The van der Waals surface area contributed by atoms with Gasteiger partial charge in [-0.05, 0) is 43.9 Å². The Morgan fingerprint density at radius 1 is 1.18 bits per heavy atom. The Bertz CT molecular complexity index is 555. The van der Waals surface area contributed by atoms with E-state index < -0.39 is 0 Å². The standard InChI is InChI=1S/C17H26N4O/c1-12(13-4-5-13)11-16(22)20-9-6-14(7-10-20)17-19-18-15-3-2-8-21(15)17/h12-14H,2-11H2,1H3. The normalized spacial score (nSPS) is 23.6. The number of likely N-dealkylation sites (tertiary alicyclic amines) is 1. The Morgan fingerprint density at radius 3 is 2.68 bits per heavy atom. The van der Waals surface area contributed by atoms with Gasteiger partial charge in [0.1, 0.15) is 11.6 Å². The monoisotopic (exact) mass is 302 g/mol. The fraction of sp³-hybridized carbons (Fsp3) is 0.824. The summed E-state index contributed by atoms with van der Waals surface area (Å²) in [7, 11) is 0. The zero-order valence-corrected chi connectivity index (χ0v) is 13.5. The average Bonchev–Trinajstić information content (AvgIpc) is 3.15. The van der Waals surface area contributed by atoms with E-state index >= 15 is 0 Å². The number of fused-ring (bicyclic) bond motifs is 1. The highest BCUT2D eigenvalue weighted by Gasteiger charge is 2.33. The summed E-state index contributed by atoms with van der Waals surface area (Å²) in [4.78, 5) is 14.5. The smallest absolute Gasteiger partial charge is 0.222 e. The second-order valence-corrected chi connectivity index (χ2v) is 7.40. The van der Waals surface area contributed by atoms with Crippen LogP contribution in [0, 0.1) is 11.8 Å². The molecular formula is C17H26N4O. The predicted octanol–water partition coefficient (Wildman–Crippen LogP) is 2.37. The van der Waals surface area contributed by atoms with Gasteiger partial charge in [0.15, 0.2) is 0 Å². The number of nitrogens with zero attached hydrogens (tertiary/aromatic N) is 4. The van der Waals surface area contributed by atoms with Gasteiger partial charge in [-0.3, -0.25) is 4.79 Å². The minimum atomic E-state index is 0.365. The maximum absolute atomic E-state index is 12.4. The molecule has 0 bridgehead atoms. The van der Waals surface area contributed by atoms with Gasteiger partial charge in [-0.25, -0.2) is 0 Å². The van der Waals surface area contributed by atoms with Crippen molar-refractivity contribution in [3.63, 3.8) is 0 Å². The number of carbonyl (C=O) groups is 1. The number of aryl methyl sites for hydroxylation is 1. The molecule has 4 rings (SSSR count). The van der Waals surface area contributed by atoms with Crippen LogP contribution in [-0.4, -0.2) is 38.7 Å². The van der Waals surface area contributed by atoms with Gasteiger partial charge in [-0.1, -0.05) is 6.92 Å². The maximum Gasteiger partial charge on any atom is 0.222 e. The second-order valence-electron chi connectivity index (χ2n) is 7.40. The predicted molar refractivity (Wildman–Crippen MR) is 83.4 cm³/mol. The number of hydrogen-bond acceptors (Lipinski definition) is 3. The Balaban J connectivity index is 1.33. The molecule has 5 nitrogen and oxygen atoms in total. The number of amides is 1. The molecule has 0 spiro atoms. The van der Waals surface area contributed by atoms with E-state index in [4.69, 9.17) is 0 Å². The molecule has 5 heteroatoms. The Kier molecular flexibility index (Phi) is 3.66. The van der Waals surface area contributed by atoms with E-state index in [0.29, 0.717) is 17.7 Å². The van der Waals surface area contributed by atoms with Crippen molar-refractivity contribution in [2.75, 3.05) is 13.1 Å². The van der Waals surface area contributed by atoms with Gasteiger partial charge < -0.3 is 9.47 Å². The van der Waals surface area contributed by atoms with E-state index in [1.807, 2.05) is 0 Å². The largest absolute Gasteiger partial charge is 0.343 e. The van der Waals surface area contributed by atoms with Crippen molar-refractivity contribution in [1.82, 2.24) is 19.7 Å². The van der Waals surface area contributed by atoms with Gasteiger partial charge in [0.25, 0.3) is 0 Å². The highest BCUT2D eigenvalue weighted by molar-refractivity contribution is 5.76. The lowest BCUT2D eigenvalue weighted by Crippen LogP contribution is -2.39. The Labute approximate surface area is 132 Å². The third kappa shape index (κ3) is 2.66. The molecule has 22 heavy (non-hydrogen) atoms. The van der Waals surface area contributed by atoms with Crippen molar-refractivity contribution in [2.24, 2.45) is 11.8 Å². The highest BCUT2D eigenvalue weighted by Crippen LogP contribution is 2.38. The molecule has 1 aromatic rings. The second kappa shape index (κ2) is 5.67. The summed E-state index contributed by atoms with van der Waals surface area (Å²) in [5.41, 5.74) is 0. The first-order valence-electron chi connectivity index (χ1n) is 8.92. The summed E-state index contributed by atoms with van der Waals surface area (Å²) in [5.74, 6) is 4.58. The van der Waals surface area contributed by atoms with E-state index in [1.165, 1.54) is 25.1 Å². The van der Waals surface area contributed by atoms with Crippen LogP contribution in [0.5, 0.6) is 0 Å². The van der Waals surface area contributed by atoms with Crippen LogP contribution in [0.2, 0.25) is 0 Å². The maximum atomic E-state index is 12.4. The van der Waals surface area contributed by atoms with Crippen molar-refractivity contribution in [3.05, 3.63) is 11.6 Å². The molecular weight excluding hydrogens is 276 g/mol. The lowest BCUT2D eigenvalue weighted by molar-refractivity contribution is -0.133. The lowest BCUT2D eigenvalue weighted by Gasteiger charge is -2.32. The molecule has 2 fully saturated rings. The summed E-state index contributed by atoms with van der Waals surface area (Å²) in [6.07, 6.45) is 7.76. The fourth-order valence-corrected chi connectivity index (χ4v) is 4.10. The molecule has 1 atom stereocenters.